The topological polar surface area (TPSA) is 57.6 Å². The van der Waals surface area contributed by atoms with Crippen LogP contribution in [0.4, 0.5) is 8.78 Å². The number of benzene rings is 1. The first kappa shape index (κ1) is 16.9. The molecular formula is C18H21F2NO3. The molecule has 1 aliphatic heterocycles. The third-order valence-electron chi connectivity index (χ3n) is 5.62. The zero-order valence-corrected chi connectivity index (χ0v) is 13.8. The van der Waals surface area contributed by atoms with Crippen LogP contribution in [-0.4, -0.2) is 35.0 Å². The number of carboxylic acids is 1. The fourth-order valence-corrected chi connectivity index (χ4v) is 3.80. The Balaban J connectivity index is 1.73. The average Bonchev–Trinajstić information content (AvgIpc) is 3.13. The Bertz CT molecular complexity index is 671. The molecule has 24 heavy (non-hydrogen) atoms. The quantitative estimate of drug-likeness (QED) is 0.919. The normalized spacial score (nSPS) is 29.1. The van der Waals surface area contributed by atoms with Crippen molar-refractivity contribution in [3.05, 3.63) is 35.4 Å². The summed E-state index contributed by atoms with van der Waals surface area (Å²) < 4.78 is 27.7. The highest BCUT2D eigenvalue weighted by atomic mass is 19.1. The van der Waals surface area contributed by atoms with Crippen molar-refractivity contribution in [2.75, 3.05) is 13.1 Å². The smallest absolute Gasteiger partial charge is 0.311 e. The number of rotatable bonds is 4. The number of aliphatic carboxylic acids is 1. The number of amides is 1. The number of halogens is 2. The molecule has 130 valence electrons. The van der Waals surface area contributed by atoms with E-state index in [9.17, 15) is 23.5 Å². The van der Waals surface area contributed by atoms with E-state index in [1.807, 2.05) is 13.8 Å². The lowest BCUT2D eigenvalue weighted by Crippen LogP contribution is -2.41. The summed E-state index contributed by atoms with van der Waals surface area (Å²) in [6.07, 6.45) is 0.826. The molecule has 3 unspecified atom stereocenters. The fourth-order valence-electron chi connectivity index (χ4n) is 3.80. The van der Waals surface area contributed by atoms with E-state index in [2.05, 4.69) is 0 Å². The largest absolute Gasteiger partial charge is 0.481 e. The number of carboxylic acid groups (broad SMARTS) is 1. The van der Waals surface area contributed by atoms with Crippen LogP contribution < -0.4 is 0 Å². The summed E-state index contributed by atoms with van der Waals surface area (Å²) in [7, 11) is 0. The van der Waals surface area contributed by atoms with Gasteiger partial charge in [0.15, 0.2) is 0 Å². The van der Waals surface area contributed by atoms with Crippen LogP contribution in [0.3, 0.4) is 0 Å². The second kappa shape index (κ2) is 5.83. The Labute approximate surface area is 139 Å². The van der Waals surface area contributed by atoms with Gasteiger partial charge in [-0.25, -0.2) is 8.78 Å². The minimum atomic E-state index is -0.927. The highest BCUT2D eigenvalue weighted by Gasteiger charge is 2.53. The molecule has 0 bridgehead atoms. The van der Waals surface area contributed by atoms with Gasteiger partial charge in [0, 0.05) is 30.5 Å². The number of carbonyl (C=O) groups is 2. The first-order chi connectivity index (χ1) is 11.3. The van der Waals surface area contributed by atoms with Gasteiger partial charge in [0.25, 0.3) is 0 Å². The minimum Gasteiger partial charge on any atom is -0.481 e. The van der Waals surface area contributed by atoms with Crippen molar-refractivity contribution < 1.29 is 23.5 Å². The molecule has 1 saturated carbocycles. The van der Waals surface area contributed by atoms with Crippen molar-refractivity contribution in [1.82, 2.24) is 4.90 Å². The monoisotopic (exact) mass is 337 g/mol. The Kier molecular flexibility index (Phi) is 4.10. The molecule has 2 aliphatic rings. The van der Waals surface area contributed by atoms with Gasteiger partial charge in [0.2, 0.25) is 5.91 Å². The summed E-state index contributed by atoms with van der Waals surface area (Å²) in [4.78, 5) is 25.8. The van der Waals surface area contributed by atoms with Gasteiger partial charge in [-0.15, -0.1) is 0 Å². The van der Waals surface area contributed by atoms with Crippen LogP contribution in [0.25, 0.3) is 0 Å². The van der Waals surface area contributed by atoms with Crippen LogP contribution in [0.15, 0.2) is 18.2 Å². The van der Waals surface area contributed by atoms with E-state index in [0.29, 0.717) is 19.4 Å². The van der Waals surface area contributed by atoms with Crippen molar-refractivity contribution in [3.63, 3.8) is 0 Å². The standard InChI is InChI=1S/C18H21F2NO3/c1-10(2)18(17(23)24)6-7-21(9-18)16(22)12-8-11(12)15-13(19)4-3-5-14(15)20/h3-5,10-12H,6-9H2,1-2H3,(H,23,24). The average molecular weight is 337 g/mol. The molecule has 3 atom stereocenters. The van der Waals surface area contributed by atoms with Crippen molar-refractivity contribution in [2.24, 2.45) is 17.3 Å². The van der Waals surface area contributed by atoms with Crippen LogP contribution in [0.5, 0.6) is 0 Å². The van der Waals surface area contributed by atoms with E-state index in [1.165, 1.54) is 18.2 Å². The molecule has 0 radical (unpaired) electrons. The molecule has 3 rings (SSSR count). The highest BCUT2D eigenvalue weighted by Crippen LogP contribution is 2.51. The molecule has 0 aromatic heterocycles. The molecule has 1 amide bonds. The summed E-state index contributed by atoms with van der Waals surface area (Å²) in [5.41, 5.74) is -0.952. The molecule has 1 saturated heterocycles. The summed E-state index contributed by atoms with van der Waals surface area (Å²) in [5.74, 6) is -3.32. The van der Waals surface area contributed by atoms with Crippen LogP contribution in [0.1, 0.15) is 38.2 Å². The molecule has 1 heterocycles. The molecular weight excluding hydrogens is 316 g/mol. The van der Waals surface area contributed by atoms with Gasteiger partial charge in [0.1, 0.15) is 11.6 Å². The van der Waals surface area contributed by atoms with Gasteiger partial charge < -0.3 is 10.0 Å². The van der Waals surface area contributed by atoms with Crippen LogP contribution in [0.2, 0.25) is 0 Å². The van der Waals surface area contributed by atoms with Crippen LogP contribution in [0, 0.1) is 28.9 Å². The first-order valence-corrected chi connectivity index (χ1v) is 8.24. The number of nitrogens with zero attached hydrogens (tertiary/aromatic N) is 1. The Hall–Kier alpha value is -1.98. The highest BCUT2D eigenvalue weighted by molar-refractivity contribution is 5.85. The predicted molar refractivity (Wildman–Crippen MR) is 83.3 cm³/mol. The van der Waals surface area contributed by atoms with E-state index in [1.54, 1.807) is 4.90 Å². The van der Waals surface area contributed by atoms with E-state index in [4.69, 9.17) is 0 Å². The van der Waals surface area contributed by atoms with Crippen molar-refractivity contribution in [3.8, 4) is 0 Å². The zero-order chi connectivity index (χ0) is 17.6. The Morgan fingerprint density at radius 1 is 1.29 bits per heavy atom. The molecule has 1 aromatic rings. The minimum absolute atomic E-state index is 0.0246. The van der Waals surface area contributed by atoms with Gasteiger partial charge in [-0.1, -0.05) is 19.9 Å². The van der Waals surface area contributed by atoms with Gasteiger partial charge in [0.05, 0.1) is 5.41 Å². The third-order valence-corrected chi connectivity index (χ3v) is 5.62. The summed E-state index contributed by atoms with van der Waals surface area (Å²) in [5, 5.41) is 9.55. The molecule has 1 aromatic carbocycles. The second-order valence-corrected chi connectivity index (χ2v) is 7.21. The van der Waals surface area contributed by atoms with Crippen LogP contribution in [-0.2, 0) is 9.59 Å². The van der Waals surface area contributed by atoms with E-state index >= 15 is 0 Å². The molecule has 6 heteroatoms. The lowest BCUT2D eigenvalue weighted by atomic mass is 9.76. The van der Waals surface area contributed by atoms with Gasteiger partial charge in [-0.05, 0) is 30.9 Å². The molecule has 2 fully saturated rings. The van der Waals surface area contributed by atoms with E-state index in [0.717, 1.165) is 0 Å². The maximum atomic E-state index is 13.8. The second-order valence-electron chi connectivity index (χ2n) is 7.21. The molecule has 1 aliphatic carbocycles. The number of hydrogen-bond donors (Lipinski definition) is 1. The predicted octanol–water partition coefficient (Wildman–Crippen LogP) is 3.03. The van der Waals surface area contributed by atoms with Crippen LogP contribution >= 0.6 is 0 Å². The maximum Gasteiger partial charge on any atom is 0.311 e. The van der Waals surface area contributed by atoms with Gasteiger partial charge >= 0.3 is 5.97 Å². The summed E-state index contributed by atoms with van der Waals surface area (Å²) in [6.45, 7) is 4.24. The fraction of sp³-hybridized carbons (Fsp3) is 0.556. The first-order valence-electron chi connectivity index (χ1n) is 8.24. The maximum absolute atomic E-state index is 13.8. The van der Waals surface area contributed by atoms with Gasteiger partial charge in [-0.3, -0.25) is 9.59 Å². The zero-order valence-electron chi connectivity index (χ0n) is 13.8. The summed E-state index contributed by atoms with van der Waals surface area (Å²) >= 11 is 0. The van der Waals surface area contributed by atoms with Crippen molar-refractivity contribution in [1.29, 1.82) is 0 Å². The number of likely N-dealkylation sites (tertiary alicyclic amines) is 1. The molecule has 0 spiro atoms. The summed E-state index contributed by atoms with van der Waals surface area (Å²) in [6, 6.07) is 3.70. The third kappa shape index (κ3) is 2.58. The lowest BCUT2D eigenvalue weighted by Gasteiger charge is -2.28. The number of hydrogen-bond acceptors (Lipinski definition) is 2. The van der Waals surface area contributed by atoms with E-state index < -0.39 is 34.9 Å². The number of carbonyl (C=O) groups excluding carboxylic acids is 1. The Morgan fingerprint density at radius 2 is 1.92 bits per heavy atom. The van der Waals surface area contributed by atoms with Crippen molar-refractivity contribution in [2.45, 2.75) is 32.6 Å². The van der Waals surface area contributed by atoms with E-state index in [-0.39, 0.29) is 23.9 Å². The molecule has 1 N–H and O–H groups in total. The lowest BCUT2D eigenvalue weighted by molar-refractivity contribution is -0.151. The SMILES string of the molecule is CC(C)C1(C(=O)O)CCN(C(=O)C2CC2c2c(F)cccc2F)C1. The van der Waals surface area contributed by atoms with Gasteiger partial charge in [-0.2, -0.15) is 0 Å². The van der Waals surface area contributed by atoms with Crippen molar-refractivity contribution >= 4 is 11.9 Å². The molecule has 4 nitrogen and oxygen atoms in total. The Morgan fingerprint density at radius 3 is 2.42 bits per heavy atom.